The van der Waals surface area contributed by atoms with Crippen LogP contribution in [0.2, 0.25) is 0 Å². The Labute approximate surface area is 324 Å². The van der Waals surface area contributed by atoms with Crippen LogP contribution < -0.4 is 19.9 Å². The molecule has 1 aliphatic carbocycles. The maximum atomic E-state index is 14.9. The predicted molar refractivity (Wildman–Crippen MR) is 200 cm³/mol. The summed E-state index contributed by atoms with van der Waals surface area (Å²) in [5, 5.41) is 13.2. The number of fused-ring (bicyclic) bond motifs is 2. The van der Waals surface area contributed by atoms with E-state index in [1.807, 2.05) is 25.1 Å². The topological polar surface area (TPSA) is 152 Å². The van der Waals surface area contributed by atoms with Gasteiger partial charge >= 0.3 is 12.1 Å². The highest BCUT2D eigenvalue weighted by Crippen LogP contribution is 2.50. The van der Waals surface area contributed by atoms with Gasteiger partial charge in [0.25, 0.3) is 5.91 Å². The van der Waals surface area contributed by atoms with Gasteiger partial charge in [0.1, 0.15) is 17.4 Å². The largest absolute Gasteiger partial charge is 0.490 e. The Hall–Kier alpha value is -4.57. The third kappa shape index (κ3) is 7.61. The Kier molecular flexibility index (Phi) is 11.2. The van der Waals surface area contributed by atoms with Crippen LogP contribution in [0.25, 0.3) is 0 Å². The van der Waals surface area contributed by atoms with Gasteiger partial charge in [0.15, 0.2) is 5.69 Å². The van der Waals surface area contributed by atoms with Crippen LogP contribution in [0.5, 0.6) is 5.75 Å². The minimum absolute atomic E-state index is 0.0361. The second-order valence-electron chi connectivity index (χ2n) is 16.1. The second kappa shape index (κ2) is 15.8. The van der Waals surface area contributed by atoms with E-state index >= 15 is 0 Å². The van der Waals surface area contributed by atoms with Gasteiger partial charge in [-0.25, -0.2) is 24.7 Å². The number of aliphatic carboxylic acids is 1. The molecule has 0 radical (unpaired) electrons. The van der Waals surface area contributed by atoms with Crippen LogP contribution in [0.4, 0.5) is 30.8 Å². The van der Waals surface area contributed by atoms with Crippen LogP contribution in [-0.2, 0) is 25.9 Å². The van der Waals surface area contributed by atoms with Crippen molar-refractivity contribution in [3.63, 3.8) is 0 Å². The number of halogens is 3. The van der Waals surface area contributed by atoms with Crippen molar-refractivity contribution in [1.82, 2.24) is 25.3 Å². The summed E-state index contributed by atoms with van der Waals surface area (Å²) < 4.78 is 62.5. The molecule has 2 aromatic heterocycles. The number of hydrogen-bond donors (Lipinski definition) is 2. The van der Waals surface area contributed by atoms with E-state index in [2.05, 4.69) is 30.2 Å². The summed E-state index contributed by atoms with van der Waals surface area (Å²) >= 11 is 0. The summed E-state index contributed by atoms with van der Waals surface area (Å²) in [6.07, 6.45) is 3.32. The average Bonchev–Trinajstić information content (AvgIpc) is 3.48. The van der Waals surface area contributed by atoms with Crippen LogP contribution in [0.3, 0.4) is 0 Å². The second-order valence-corrected chi connectivity index (χ2v) is 16.1. The molecule has 1 saturated carbocycles. The zero-order valence-corrected chi connectivity index (χ0v) is 32.2. The molecule has 1 spiro atoms. The molecule has 1 aromatic carbocycles. The van der Waals surface area contributed by atoms with Crippen LogP contribution in [0, 0.1) is 17.8 Å². The number of nitrogens with one attached hydrogen (secondary N) is 1. The molecule has 56 heavy (non-hydrogen) atoms. The summed E-state index contributed by atoms with van der Waals surface area (Å²) in [6, 6.07) is 7.42. The van der Waals surface area contributed by atoms with Gasteiger partial charge in [-0.15, -0.1) is 0 Å². The van der Waals surface area contributed by atoms with Gasteiger partial charge in [0.05, 0.1) is 11.7 Å². The monoisotopic (exact) mass is 781 g/mol. The lowest BCUT2D eigenvalue weighted by Gasteiger charge is -2.45. The molecule has 3 aliphatic heterocycles. The summed E-state index contributed by atoms with van der Waals surface area (Å²) in [6.45, 7) is 8.03. The van der Waals surface area contributed by atoms with Crippen molar-refractivity contribution < 1.29 is 42.1 Å². The highest BCUT2D eigenvalue weighted by molar-refractivity contribution is 5.99. The zero-order chi connectivity index (χ0) is 39.8. The molecular formula is C40H50F3N7O6. The number of ether oxygens (including phenoxy) is 3. The number of amides is 1. The summed E-state index contributed by atoms with van der Waals surface area (Å²) in [4.78, 5) is 47.9. The maximum Gasteiger partial charge on any atom is 0.434 e. The van der Waals surface area contributed by atoms with Crippen LogP contribution in [0.1, 0.15) is 87.3 Å². The van der Waals surface area contributed by atoms with Crippen LogP contribution in [-0.4, -0.2) is 94.6 Å². The highest BCUT2D eigenvalue weighted by atomic mass is 19.4. The number of carbonyl (C=O) groups is 2. The van der Waals surface area contributed by atoms with E-state index in [9.17, 15) is 27.9 Å². The molecule has 1 amide bonds. The SMILES string of the molecule is COC1CC(C)CC(C(NC(=O)c2cnc(N3CC4(CCOCC4)c4cc(OC5CCN(c6ncccn6)CC5)ccc43)nc2C(F)(F)F)(C(=O)O)C(C)C)C1. The van der Waals surface area contributed by atoms with E-state index in [1.54, 1.807) is 44.3 Å². The fraction of sp³-hybridized carbons (Fsp3) is 0.600. The van der Waals surface area contributed by atoms with Crippen molar-refractivity contribution in [2.24, 2.45) is 17.8 Å². The van der Waals surface area contributed by atoms with Gasteiger partial charge in [0, 0.05) is 82.5 Å². The first-order valence-electron chi connectivity index (χ1n) is 19.5. The standard InChI is InChI=1S/C40H50F3N7O6/c1-24(2)39(35(52)53,26-18-25(3)19-29(20-26)54-4)48-34(51)30-22-46-37(47-33(30)40(41,42)43)50-23-38(10-16-55-17-11-38)31-21-28(6-7-32(31)50)56-27-8-14-49(15-9-27)36-44-12-5-13-45-36/h5-7,12-13,21-22,24-27,29H,8-11,14-20,23H2,1-4H3,(H,48,51)(H,52,53). The van der Waals surface area contributed by atoms with E-state index in [0.717, 1.165) is 44.1 Å². The van der Waals surface area contributed by atoms with Crippen LogP contribution >= 0.6 is 0 Å². The number of rotatable bonds is 10. The molecule has 5 heterocycles. The fourth-order valence-electron chi connectivity index (χ4n) is 9.35. The minimum atomic E-state index is -5.05. The van der Waals surface area contributed by atoms with E-state index in [0.29, 0.717) is 62.8 Å². The fourth-order valence-corrected chi connectivity index (χ4v) is 9.35. The summed E-state index contributed by atoms with van der Waals surface area (Å²) in [5.74, 6) is -2.52. The van der Waals surface area contributed by atoms with Crippen molar-refractivity contribution in [3.05, 3.63) is 59.7 Å². The van der Waals surface area contributed by atoms with Crippen molar-refractivity contribution in [2.45, 2.75) is 95.1 Å². The number of nitrogens with zero attached hydrogens (tertiary/aromatic N) is 6. The summed E-state index contributed by atoms with van der Waals surface area (Å²) in [7, 11) is 1.55. The number of alkyl halides is 3. The third-order valence-corrected chi connectivity index (χ3v) is 12.3. The van der Waals surface area contributed by atoms with Gasteiger partial charge in [-0.2, -0.15) is 13.2 Å². The number of piperidine rings is 1. The van der Waals surface area contributed by atoms with Gasteiger partial charge < -0.3 is 34.4 Å². The van der Waals surface area contributed by atoms with E-state index in [1.165, 1.54) is 0 Å². The molecule has 4 unspecified atom stereocenters. The lowest BCUT2D eigenvalue weighted by molar-refractivity contribution is -0.152. The van der Waals surface area contributed by atoms with Gasteiger partial charge in [-0.05, 0) is 79.7 Å². The molecular weight excluding hydrogens is 731 g/mol. The molecule has 302 valence electrons. The third-order valence-electron chi connectivity index (χ3n) is 12.3. The van der Waals surface area contributed by atoms with Gasteiger partial charge in [-0.1, -0.05) is 20.8 Å². The smallest absolute Gasteiger partial charge is 0.434 e. The van der Waals surface area contributed by atoms with Crippen molar-refractivity contribution in [2.75, 3.05) is 49.8 Å². The lowest BCUT2D eigenvalue weighted by atomic mass is 9.66. The van der Waals surface area contributed by atoms with Crippen molar-refractivity contribution in [3.8, 4) is 5.75 Å². The molecule has 3 aromatic rings. The lowest BCUT2D eigenvalue weighted by Crippen LogP contribution is -2.64. The van der Waals surface area contributed by atoms with Gasteiger partial charge in [0.2, 0.25) is 11.9 Å². The first-order chi connectivity index (χ1) is 26.7. The molecule has 4 atom stereocenters. The molecule has 16 heteroatoms. The van der Waals surface area contributed by atoms with E-state index < -0.39 is 52.1 Å². The number of carboxylic acid groups (broad SMARTS) is 1. The Balaban J connectivity index is 1.17. The average molecular weight is 782 g/mol. The molecule has 7 rings (SSSR count). The predicted octanol–water partition coefficient (Wildman–Crippen LogP) is 6.19. The first kappa shape index (κ1) is 39.7. The Morgan fingerprint density at radius 1 is 1.02 bits per heavy atom. The first-order valence-corrected chi connectivity index (χ1v) is 19.5. The van der Waals surface area contributed by atoms with E-state index in [4.69, 9.17) is 14.2 Å². The van der Waals surface area contributed by atoms with Gasteiger partial charge in [-0.3, -0.25) is 4.79 Å². The van der Waals surface area contributed by atoms with Crippen molar-refractivity contribution >= 4 is 29.5 Å². The van der Waals surface area contributed by atoms with Crippen molar-refractivity contribution in [1.29, 1.82) is 0 Å². The number of anilines is 3. The Morgan fingerprint density at radius 2 is 1.73 bits per heavy atom. The minimum Gasteiger partial charge on any atom is -0.490 e. The number of aromatic nitrogens is 4. The Morgan fingerprint density at radius 3 is 2.38 bits per heavy atom. The van der Waals surface area contributed by atoms with Crippen LogP contribution in [0.15, 0.2) is 42.9 Å². The maximum absolute atomic E-state index is 14.9. The quantitative estimate of drug-likeness (QED) is 0.241. The number of benzene rings is 1. The van der Waals surface area contributed by atoms with E-state index in [-0.39, 0.29) is 24.1 Å². The number of carboxylic acids is 1. The molecule has 4 aliphatic rings. The molecule has 2 saturated heterocycles. The Bertz CT molecular complexity index is 1890. The highest BCUT2D eigenvalue weighted by Gasteiger charge is 2.53. The number of hydrogen-bond acceptors (Lipinski definition) is 11. The molecule has 0 bridgehead atoms. The number of carbonyl (C=O) groups excluding carboxylic acids is 1. The molecule has 2 N–H and O–H groups in total. The number of methoxy groups -OCH3 is 1. The molecule has 3 fully saturated rings. The normalized spacial score (nSPS) is 23.8. The summed E-state index contributed by atoms with van der Waals surface area (Å²) in [5.41, 5.74) is -3.00. The zero-order valence-electron chi connectivity index (χ0n) is 32.2. The molecule has 13 nitrogen and oxygen atoms in total.